The summed E-state index contributed by atoms with van der Waals surface area (Å²) in [6.45, 7) is 7.06. The largest absolute Gasteiger partial charge is 0.493 e. The second kappa shape index (κ2) is 6.07. The Morgan fingerprint density at radius 3 is 2.77 bits per heavy atom. The van der Waals surface area contributed by atoms with Crippen molar-refractivity contribution in [1.82, 2.24) is 4.90 Å². The van der Waals surface area contributed by atoms with E-state index in [9.17, 15) is 4.79 Å². The summed E-state index contributed by atoms with van der Waals surface area (Å²) in [6, 6.07) is 3.51. The predicted molar refractivity (Wildman–Crippen MR) is 82.8 cm³/mol. The number of fused-ring (bicyclic) bond motifs is 1. The Hall–Kier alpha value is -1.91. The van der Waals surface area contributed by atoms with Crippen LogP contribution in [0.3, 0.4) is 0 Å². The van der Waals surface area contributed by atoms with E-state index in [0.717, 1.165) is 19.5 Å². The molecule has 120 valence electrons. The zero-order valence-corrected chi connectivity index (χ0v) is 13.4. The first-order valence-electron chi connectivity index (χ1n) is 7.87. The molecule has 1 fully saturated rings. The molecule has 1 atom stereocenters. The van der Waals surface area contributed by atoms with Crippen molar-refractivity contribution in [2.45, 2.75) is 20.3 Å². The average Bonchev–Trinajstić information content (AvgIpc) is 3.03. The van der Waals surface area contributed by atoms with Crippen LogP contribution in [0, 0.1) is 11.8 Å². The van der Waals surface area contributed by atoms with Crippen LogP contribution in [0.25, 0.3) is 0 Å². The number of amides is 1. The second-order valence-electron chi connectivity index (χ2n) is 6.25. The number of likely N-dealkylation sites (tertiary alicyclic amines) is 1. The third-order valence-electron chi connectivity index (χ3n) is 4.53. The normalized spacial score (nSPS) is 20.4. The molecule has 1 saturated heterocycles. The van der Waals surface area contributed by atoms with Crippen molar-refractivity contribution in [1.29, 1.82) is 0 Å². The molecule has 0 bridgehead atoms. The van der Waals surface area contributed by atoms with E-state index in [1.165, 1.54) is 0 Å². The Labute approximate surface area is 131 Å². The van der Waals surface area contributed by atoms with Gasteiger partial charge in [0.2, 0.25) is 5.75 Å². The summed E-state index contributed by atoms with van der Waals surface area (Å²) in [4.78, 5) is 14.7. The summed E-state index contributed by atoms with van der Waals surface area (Å²) in [5.41, 5.74) is 0.602. The quantitative estimate of drug-likeness (QED) is 0.861. The van der Waals surface area contributed by atoms with E-state index < -0.39 is 0 Å². The second-order valence-corrected chi connectivity index (χ2v) is 6.25. The fourth-order valence-corrected chi connectivity index (χ4v) is 3.10. The van der Waals surface area contributed by atoms with Gasteiger partial charge >= 0.3 is 0 Å². The van der Waals surface area contributed by atoms with E-state index in [4.69, 9.17) is 14.2 Å². The molecule has 5 nitrogen and oxygen atoms in total. The Balaban J connectivity index is 1.84. The van der Waals surface area contributed by atoms with Crippen molar-refractivity contribution >= 4 is 5.91 Å². The summed E-state index contributed by atoms with van der Waals surface area (Å²) in [5, 5.41) is 0. The van der Waals surface area contributed by atoms with Crippen LogP contribution in [-0.2, 0) is 0 Å². The molecule has 2 aliphatic rings. The highest BCUT2D eigenvalue weighted by Crippen LogP contribution is 2.40. The van der Waals surface area contributed by atoms with Gasteiger partial charge in [0.05, 0.1) is 7.11 Å². The Morgan fingerprint density at radius 2 is 2.09 bits per heavy atom. The standard InChI is InChI=1S/C17H23NO4/c1-11(2)12-4-5-18(10-12)17(19)13-8-14(20-3)16-15(9-13)21-6-7-22-16/h8-9,11-12H,4-7,10H2,1-3H3/t12-/m0/s1. The summed E-state index contributed by atoms with van der Waals surface area (Å²) < 4.78 is 16.5. The van der Waals surface area contributed by atoms with E-state index >= 15 is 0 Å². The van der Waals surface area contributed by atoms with Crippen LogP contribution in [0.2, 0.25) is 0 Å². The van der Waals surface area contributed by atoms with E-state index in [-0.39, 0.29) is 5.91 Å². The van der Waals surface area contributed by atoms with Crippen LogP contribution >= 0.6 is 0 Å². The van der Waals surface area contributed by atoms with Gasteiger partial charge in [0, 0.05) is 18.7 Å². The summed E-state index contributed by atoms with van der Waals surface area (Å²) in [5.74, 6) is 2.97. The van der Waals surface area contributed by atoms with Gasteiger partial charge in [0.15, 0.2) is 11.5 Å². The van der Waals surface area contributed by atoms with Gasteiger partial charge in [-0.2, -0.15) is 0 Å². The molecule has 2 heterocycles. The lowest BCUT2D eigenvalue weighted by Crippen LogP contribution is -2.29. The van der Waals surface area contributed by atoms with Crippen LogP contribution in [0.1, 0.15) is 30.6 Å². The number of methoxy groups -OCH3 is 1. The zero-order valence-electron chi connectivity index (χ0n) is 13.4. The van der Waals surface area contributed by atoms with Crippen LogP contribution in [0.4, 0.5) is 0 Å². The number of carbonyl (C=O) groups is 1. The summed E-state index contributed by atoms with van der Waals surface area (Å²) in [6.07, 6.45) is 1.07. The average molecular weight is 305 g/mol. The van der Waals surface area contributed by atoms with Gasteiger partial charge in [-0.25, -0.2) is 0 Å². The minimum absolute atomic E-state index is 0.0402. The smallest absolute Gasteiger partial charge is 0.254 e. The van der Waals surface area contributed by atoms with Crippen molar-refractivity contribution in [3.8, 4) is 17.2 Å². The van der Waals surface area contributed by atoms with Crippen LogP contribution in [0.5, 0.6) is 17.2 Å². The van der Waals surface area contributed by atoms with E-state index in [1.807, 2.05) is 4.90 Å². The van der Waals surface area contributed by atoms with E-state index in [0.29, 0.717) is 47.9 Å². The Morgan fingerprint density at radius 1 is 1.32 bits per heavy atom. The first-order valence-corrected chi connectivity index (χ1v) is 7.87. The monoisotopic (exact) mass is 305 g/mol. The number of nitrogens with zero attached hydrogens (tertiary/aromatic N) is 1. The predicted octanol–water partition coefficient (Wildman–Crippen LogP) is 2.58. The molecule has 0 aliphatic carbocycles. The van der Waals surface area contributed by atoms with Gasteiger partial charge in [-0.05, 0) is 30.4 Å². The summed E-state index contributed by atoms with van der Waals surface area (Å²) in [7, 11) is 1.58. The lowest BCUT2D eigenvalue weighted by atomic mass is 9.95. The first kappa shape index (κ1) is 15.0. The van der Waals surface area contributed by atoms with Crippen molar-refractivity contribution < 1.29 is 19.0 Å². The SMILES string of the molecule is COc1cc(C(=O)N2CC[C@H](C(C)C)C2)cc2c1OCCO2. The molecular weight excluding hydrogens is 282 g/mol. The van der Waals surface area contributed by atoms with Gasteiger partial charge < -0.3 is 19.1 Å². The summed E-state index contributed by atoms with van der Waals surface area (Å²) >= 11 is 0. The van der Waals surface area contributed by atoms with Gasteiger partial charge in [0.1, 0.15) is 13.2 Å². The number of benzene rings is 1. The van der Waals surface area contributed by atoms with E-state index in [1.54, 1.807) is 19.2 Å². The van der Waals surface area contributed by atoms with Crippen molar-refractivity contribution in [3.05, 3.63) is 17.7 Å². The molecule has 1 amide bonds. The molecule has 5 heteroatoms. The third kappa shape index (κ3) is 2.72. The van der Waals surface area contributed by atoms with Crippen LogP contribution in [0.15, 0.2) is 12.1 Å². The molecule has 0 unspecified atom stereocenters. The van der Waals surface area contributed by atoms with Gasteiger partial charge in [-0.1, -0.05) is 13.8 Å². The fourth-order valence-electron chi connectivity index (χ4n) is 3.10. The number of hydrogen-bond acceptors (Lipinski definition) is 4. The molecule has 3 rings (SSSR count). The Bertz CT molecular complexity index is 553. The van der Waals surface area contributed by atoms with Crippen molar-refractivity contribution in [3.63, 3.8) is 0 Å². The maximum absolute atomic E-state index is 12.7. The molecule has 22 heavy (non-hydrogen) atoms. The van der Waals surface area contributed by atoms with Gasteiger partial charge in [-0.3, -0.25) is 4.79 Å². The van der Waals surface area contributed by atoms with Gasteiger partial charge in [-0.15, -0.1) is 0 Å². The highest BCUT2D eigenvalue weighted by molar-refractivity contribution is 5.95. The first-order chi connectivity index (χ1) is 10.6. The molecule has 2 aliphatic heterocycles. The Kier molecular flexibility index (Phi) is 4.14. The molecule has 1 aromatic carbocycles. The lowest BCUT2D eigenvalue weighted by molar-refractivity contribution is 0.0782. The van der Waals surface area contributed by atoms with E-state index in [2.05, 4.69) is 13.8 Å². The molecular formula is C17H23NO4. The maximum Gasteiger partial charge on any atom is 0.254 e. The maximum atomic E-state index is 12.7. The van der Waals surface area contributed by atoms with Crippen LogP contribution < -0.4 is 14.2 Å². The minimum atomic E-state index is 0.0402. The highest BCUT2D eigenvalue weighted by Gasteiger charge is 2.30. The number of rotatable bonds is 3. The molecule has 0 N–H and O–H groups in total. The molecule has 1 aromatic rings. The topological polar surface area (TPSA) is 48.0 Å². The molecule has 0 saturated carbocycles. The zero-order chi connectivity index (χ0) is 15.7. The fraction of sp³-hybridized carbons (Fsp3) is 0.588. The van der Waals surface area contributed by atoms with Crippen molar-refractivity contribution in [2.75, 3.05) is 33.4 Å². The molecule has 0 spiro atoms. The van der Waals surface area contributed by atoms with Crippen molar-refractivity contribution in [2.24, 2.45) is 11.8 Å². The van der Waals surface area contributed by atoms with Gasteiger partial charge in [0.25, 0.3) is 5.91 Å². The number of hydrogen-bond donors (Lipinski definition) is 0. The lowest BCUT2D eigenvalue weighted by Gasteiger charge is -2.23. The highest BCUT2D eigenvalue weighted by atomic mass is 16.6. The number of carbonyl (C=O) groups excluding carboxylic acids is 1. The minimum Gasteiger partial charge on any atom is -0.493 e. The van der Waals surface area contributed by atoms with Crippen LogP contribution in [-0.4, -0.2) is 44.2 Å². The molecule has 0 radical (unpaired) electrons. The molecule has 0 aromatic heterocycles. The number of ether oxygens (including phenoxy) is 3. The third-order valence-corrected chi connectivity index (χ3v) is 4.53.